The summed E-state index contributed by atoms with van der Waals surface area (Å²) in [6.07, 6.45) is 7.72. The Kier molecular flexibility index (Phi) is 6.04. The van der Waals surface area contributed by atoms with Crippen LogP contribution in [-0.2, 0) is 14.3 Å². The normalized spacial score (nSPS) is 21.0. The van der Waals surface area contributed by atoms with Crippen LogP contribution in [0.1, 0.15) is 37.7 Å². The first-order chi connectivity index (χ1) is 11.7. The fraction of sp³-hybridized carbons (Fsp3) is 0.667. The lowest BCUT2D eigenvalue weighted by atomic mass is 10.1. The van der Waals surface area contributed by atoms with Crippen LogP contribution in [0.3, 0.4) is 0 Å². The molecule has 1 amide bonds. The zero-order chi connectivity index (χ0) is 16.8. The fourth-order valence-electron chi connectivity index (χ4n) is 3.33. The van der Waals surface area contributed by atoms with E-state index in [1.54, 1.807) is 6.20 Å². The van der Waals surface area contributed by atoms with Crippen molar-refractivity contribution in [1.82, 2.24) is 4.98 Å². The number of hydrogen-bond donors (Lipinski definition) is 1. The molecule has 1 aromatic rings. The minimum Gasteiger partial charge on any atom is -0.376 e. The first-order valence-corrected chi connectivity index (χ1v) is 8.93. The number of nitrogens with one attached hydrogen (secondary N) is 1. The van der Waals surface area contributed by atoms with Crippen molar-refractivity contribution in [2.24, 2.45) is 0 Å². The van der Waals surface area contributed by atoms with Gasteiger partial charge in [0.15, 0.2) is 0 Å². The summed E-state index contributed by atoms with van der Waals surface area (Å²) in [5.41, 5.74) is 1.81. The van der Waals surface area contributed by atoms with Crippen LogP contribution >= 0.6 is 0 Å². The minimum absolute atomic E-state index is 0.0484. The Balaban J connectivity index is 1.47. The molecule has 2 aliphatic heterocycles. The highest BCUT2D eigenvalue weighted by molar-refractivity contribution is 5.91. The van der Waals surface area contributed by atoms with E-state index in [4.69, 9.17) is 9.47 Å². The molecule has 0 bridgehead atoms. The number of ether oxygens (including phenoxy) is 2. The zero-order valence-electron chi connectivity index (χ0n) is 14.4. The number of carbonyl (C=O) groups excluding carboxylic acids is 1. The van der Waals surface area contributed by atoms with Crippen LogP contribution in [0.2, 0.25) is 0 Å². The summed E-state index contributed by atoms with van der Waals surface area (Å²) in [5.74, 6) is 0.877. The molecule has 0 aromatic carbocycles. The van der Waals surface area contributed by atoms with Crippen LogP contribution in [0.5, 0.6) is 0 Å². The van der Waals surface area contributed by atoms with E-state index in [0.29, 0.717) is 6.61 Å². The van der Waals surface area contributed by atoms with Gasteiger partial charge in [-0.15, -0.1) is 0 Å². The van der Waals surface area contributed by atoms with Crippen molar-refractivity contribution in [2.75, 3.05) is 43.1 Å². The lowest BCUT2D eigenvalue weighted by Gasteiger charge is -2.29. The van der Waals surface area contributed by atoms with Crippen molar-refractivity contribution in [1.29, 1.82) is 0 Å². The van der Waals surface area contributed by atoms with E-state index in [9.17, 15) is 4.79 Å². The fourth-order valence-corrected chi connectivity index (χ4v) is 3.33. The number of amides is 1. The summed E-state index contributed by atoms with van der Waals surface area (Å²) in [6.45, 7) is 5.51. The lowest BCUT2D eigenvalue weighted by molar-refractivity contribution is -0.121. The van der Waals surface area contributed by atoms with Gasteiger partial charge >= 0.3 is 0 Å². The summed E-state index contributed by atoms with van der Waals surface area (Å²) in [7, 11) is 0. The zero-order valence-corrected chi connectivity index (χ0v) is 14.4. The van der Waals surface area contributed by atoms with Gasteiger partial charge in [-0.3, -0.25) is 4.79 Å². The van der Waals surface area contributed by atoms with Crippen LogP contribution in [0, 0.1) is 6.92 Å². The average Bonchev–Trinajstić information content (AvgIpc) is 3.09. The first kappa shape index (κ1) is 17.2. The van der Waals surface area contributed by atoms with Gasteiger partial charge in [0.25, 0.3) is 0 Å². The van der Waals surface area contributed by atoms with E-state index in [2.05, 4.69) is 15.2 Å². The highest BCUT2D eigenvalue weighted by Crippen LogP contribution is 2.23. The molecular weight excluding hydrogens is 306 g/mol. The van der Waals surface area contributed by atoms with Gasteiger partial charge < -0.3 is 19.7 Å². The van der Waals surface area contributed by atoms with E-state index in [1.807, 2.05) is 13.0 Å². The second-order valence-electron chi connectivity index (χ2n) is 6.61. The summed E-state index contributed by atoms with van der Waals surface area (Å²) < 4.78 is 10.9. The molecule has 1 unspecified atom stereocenters. The van der Waals surface area contributed by atoms with E-state index >= 15 is 0 Å². The number of anilines is 2. The predicted octanol–water partition coefficient (Wildman–Crippen LogP) is 2.51. The Morgan fingerprint density at radius 1 is 1.38 bits per heavy atom. The number of carbonyl (C=O) groups is 1. The summed E-state index contributed by atoms with van der Waals surface area (Å²) in [6, 6.07) is 1.98. The van der Waals surface area contributed by atoms with E-state index < -0.39 is 0 Å². The first-order valence-electron chi connectivity index (χ1n) is 8.93. The maximum atomic E-state index is 12.0. The van der Waals surface area contributed by atoms with Gasteiger partial charge in [0.05, 0.1) is 24.6 Å². The molecule has 0 aliphatic carbocycles. The predicted molar refractivity (Wildman–Crippen MR) is 93.5 cm³/mol. The second-order valence-corrected chi connectivity index (χ2v) is 6.61. The Bertz CT molecular complexity index is 552. The number of aryl methyl sites for hydroxylation is 1. The topological polar surface area (TPSA) is 63.7 Å². The molecule has 1 aromatic heterocycles. The van der Waals surface area contributed by atoms with E-state index in [-0.39, 0.29) is 18.6 Å². The van der Waals surface area contributed by atoms with Crippen LogP contribution in [0.25, 0.3) is 0 Å². The number of hydrogen-bond acceptors (Lipinski definition) is 5. The number of nitrogens with zero attached hydrogens (tertiary/aromatic N) is 2. The molecule has 3 heterocycles. The van der Waals surface area contributed by atoms with Crippen molar-refractivity contribution in [3.8, 4) is 0 Å². The SMILES string of the molecule is Cc1cc(NC(=O)COCC2CCCO2)cnc1N1CCCCC1. The Morgan fingerprint density at radius 3 is 2.92 bits per heavy atom. The highest BCUT2D eigenvalue weighted by atomic mass is 16.5. The van der Waals surface area contributed by atoms with Gasteiger partial charge in [-0.05, 0) is 50.7 Å². The van der Waals surface area contributed by atoms with Crippen LogP contribution in [0.15, 0.2) is 12.3 Å². The largest absolute Gasteiger partial charge is 0.376 e. The summed E-state index contributed by atoms with van der Waals surface area (Å²) in [4.78, 5) is 18.8. The maximum absolute atomic E-state index is 12.0. The molecule has 0 saturated carbocycles. The molecule has 0 radical (unpaired) electrons. The van der Waals surface area contributed by atoms with E-state index in [0.717, 1.165) is 49.6 Å². The summed E-state index contributed by atoms with van der Waals surface area (Å²) in [5, 5.41) is 2.85. The van der Waals surface area contributed by atoms with Gasteiger partial charge in [0.1, 0.15) is 12.4 Å². The summed E-state index contributed by atoms with van der Waals surface area (Å²) >= 11 is 0. The van der Waals surface area contributed by atoms with Gasteiger partial charge in [0.2, 0.25) is 5.91 Å². The quantitative estimate of drug-likeness (QED) is 0.867. The third kappa shape index (κ3) is 4.68. The van der Waals surface area contributed by atoms with Crippen molar-refractivity contribution in [3.05, 3.63) is 17.8 Å². The standard InChI is InChI=1S/C18H27N3O3/c1-14-10-15(11-19-18(14)21-7-3-2-4-8-21)20-17(22)13-23-12-16-6-5-9-24-16/h10-11,16H,2-9,12-13H2,1H3,(H,20,22). The van der Waals surface area contributed by atoms with Crippen molar-refractivity contribution >= 4 is 17.4 Å². The monoisotopic (exact) mass is 333 g/mol. The van der Waals surface area contributed by atoms with Gasteiger partial charge in [-0.25, -0.2) is 4.98 Å². The smallest absolute Gasteiger partial charge is 0.250 e. The van der Waals surface area contributed by atoms with Crippen LogP contribution in [-0.4, -0.2) is 49.9 Å². The molecule has 6 nitrogen and oxygen atoms in total. The van der Waals surface area contributed by atoms with Gasteiger partial charge in [0, 0.05) is 19.7 Å². The molecule has 132 valence electrons. The molecule has 2 fully saturated rings. The molecule has 1 atom stereocenters. The molecule has 2 saturated heterocycles. The highest BCUT2D eigenvalue weighted by Gasteiger charge is 2.17. The molecule has 2 aliphatic rings. The third-order valence-electron chi connectivity index (χ3n) is 4.55. The molecule has 1 N–H and O–H groups in total. The van der Waals surface area contributed by atoms with Crippen molar-refractivity contribution in [3.63, 3.8) is 0 Å². The van der Waals surface area contributed by atoms with Gasteiger partial charge in [-0.2, -0.15) is 0 Å². The maximum Gasteiger partial charge on any atom is 0.250 e. The van der Waals surface area contributed by atoms with Gasteiger partial charge in [-0.1, -0.05) is 0 Å². The Hall–Kier alpha value is -1.66. The number of aromatic nitrogens is 1. The van der Waals surface area contributed by atoms with E-state index in [1.165, 1.54) is 19.3 Å². The number of pyridine rings is 1. The lowest BCUT2D eigenvalue weighted by Crippen LogP contribution is -2.30. The average molecular weight is 333 g/mol. The Labute approximate surface area is 143 Å². The Morgan fingerprint density at radius 2 is 2.21 bits per heavy atom. The minimum atomic E-state index is -0.153. The molecule has 6 heteroatoms. The second kappa shape index (κ2) is 8.44. The third-order valence-corrected chi connectivity index (χ3v) is 4.55. The van der Waals surface area contributed by atoms with Crippen LogP contribution < -0.4 is 10.2 Å². The molecule has 24 heavy (non-hydrogen) atoms. The van der Waals surface area contributed by atoms with Crippen LogP contribution in [0.4, 0.5) is 11.5 Å². The molecule has 3 rings (SSSR count). The van der Waals surface area contributed by atoms with Crippen molar-refractivity contribution < 1.29 is 14.3 Å². The molecule has 0 spiro atoms. The van der Waals surface area contributed by atoms with Crippen molar-refractivity contribution in [2.45, 2.75) is 45.1 Å². The molecular formula is C18H27N3O3. The number of rotatable bonds is 6. The number of piperidine rings is 1.